The van der Waals surface area contributed by atoms with E-state index in [1.165, 1.54) is 173 Å². The summed E-state index contributed by atoms with van der Waals surface area (Å²) in [7, 11) is 0. The smallest absolute Gasteiger partial charge is 0.222 e. The van der Waals surface area contributed by atoms with Crippen molar-refractivity contribution in [2.75, 3.05) is 6.54 Å². The number of nitrogens with one attached hydrogen (secondary N) is 1. The molecule has 0 spiro atoms. The lowest BCUT2D eigenvalue weighted by Gasteiger charge is -2.21. The van der Waals surface area contributed by atoms with E-state index >= 15 is 0 Å². The quantitative estimate of drug-likeness (QED) is 0.0279. The Hall–Kier alpha value is -0.810. The Balaban J connectivity index is 3.48. The molecule has 0 bridgehead atoms. The molecule has 1 amide bonds. The first-order chi connectivity index (χ1) is 27.0. The summed E-state index contributed by atoms with van der Waals surface area (Å²) in [6, 6.07) is 1.08. The Morgan fingerprint density at radius 1 is 0.446 bits per heavy atom. The summed E-state index contributed by atoms with van der Waals surface area (Å²) in [5, 5.41) is 23.0. The van der Waals surface area contributed by atoms with Gasteiger partial charge in [-0.15, -0.1) is 0 Å². The molecule has 9 nitrogen and oxygen atoms in total. The monoisotopic (exact) mass is 797 g/mol. The molecule has 0 radical (unpaired) electrons. The van der Waals surface area contributed by atoms with Gasteiger partial charge in [0.15, 0.2) is 0 Å². The van der Waals surface area contributed by atoms with Crippen molar-refractivity contribution in [3.05, 3.63) is 0 Å². The van der Waals surface area contributed by atoms with Gasteiger partial charge in [-0.3, -0.25) is 4.79 Å². The van der Waals surface area contributed by atoms with E-state index in [1.807, 2.05) is 13.8 Å². The van der Waals surface area contributed by atoms with Crippen LogP contribution in [-0.2, 0) is 4.79 Å². The zero-order valence-electron chi connectivity index (χ0n) is 37.6. The molecule has 0 aromatic heterocycles. The van der Waals surface area contributed by atoms with Crippen LogP contribution in [0.4, 0.5) is 0 Å². The maximum Gasteiger partial charge on any atom is 0.222 e. The summed E-state index contributed by atoms with van der Waals surface area (Å²) in [6.45, 7) is 6.53. The van der Waals surface area contributed by atoms with Crippen molar-refractivity contribution in [3.8, 4) is 0 Å². The van der Waals surface area contributed by atoms with E-state index in [0.717, 1.165) is 32.1 Å². The molecule has 0 aromatic rings. The molecule has 9 heteroatoms. The summed E-state index contributed by atoms with van der Waals surface area (Å²) < 4.78 is 0. The molecular weight excluding hydrogens is 697 g/mol. The molecule has 0 aliphatic heterocycles. The first-order valence-corrected chi connectivity index (χ1v) is 24.4. The molecule has 0 saturated carbocycles. The van der Waals surface area contributed by atoms with Crippen LogP contribution in [0.5, 0.6) is 0 Å². The fourth-order valence-electron chi connectivity index (χ4n) is 7.95. The topological polar surface area (TPSA) is 200 Å². The van der Waals surface area contributed by atoms with Gasteiger partial charge in [-0.1, -0.05) is 168 Å². The zero-order chi connectivity index (χ0) is 41.7. The van der Waals surface area contributed by atoms with Gasteiger partial charge in [-0.05, 0) is 70.1 Å². The summed E-state index contributed by atoms with van der Waals surface area (Å²) in [5.74, 6) is -0.0994. The van der Waals surface area contributed by atoms with Gasteiger partial charge in [0.1, 0.15) is 0 Å². The number of rotatable bonds is 43. The molecule has 0 rings (SSSR count). The molecule has 0 aliphatic carbocycles. The van der Waals surface area contributed by atoms with Crippen LogP contribution < -0.4 is 34.0 Å². The molecule has 7 atom stereocenters. The zero-order valence-corrected chi connectivity index (χ0v) is 37.6. The maximum atomic E-state index is 12.0. The van der Waals surface area contributed by atoms with Gasteiger partial charge in [-0.25, -0.2) is 0 Å². The van der Waals surface area contributed by atoms with Gasteiger partial charge in [0.25, 0.3) is 0 Å². The highest BCUT2D eigenvalue weighted by Crippen LogP contribution is 2.17. The van der Waals surface area contributed by atoms with Gasteiger partial charge in [-0.2, -0.15) is 0 Å². The van der Waals surface area contributed by atoms with Crippen molar-refractivity contribution in [1.82, 2.24) is 5.32 Å². The van der Waals surface area contributed by atoms with E-state index in [4.69, 9.17) is 28.7 Å². The van der Waals surface area contributed by atoms with Crippen molar-refractivity contribution in [1.29, 1.82) is 0 Å². The van der Waals surface area contributed by atoms with Crippen LogP contribution in [0.15, 0.2) is 0 Å². The van der Waals surface area contributed by atoms with E-state index in [0.29, 0.717) is 37.1 Å². The minimum atomic E-state index is -0.840. The van der Waals surface area contributed by atoms with E-state index in [-0.39, 0.29) is 18.2 Å². The average molecular weight is 797 g/mol. The Bertz CT molecular complexity index is 836. The molecule has 0 aliphatic rings. The van der Waals surface area contributed by atoms with Crippen LogP contribution in [0.1, 0.15) is 239 Å². The Labute approximate surface area is 348 Å². The van der Waals surface area contributed by atoms with Gasteiger partial charge in [0.2, 0.25) is 5.91 Å². The predicted octanol–water partition coefficient (Wildman–Crippen LogP) is 9.40. The maximum absolute atomic E-state index is 12.0. The van der Waals surface area contributed by atoms with Gasteiger partial charge < -0.3 is 44.2 Å². The summed E-state index contributed by atoms with van der Waals surface area (Å²) in [6.07, 6.45) is 38.4. The number of aliphatic hydroxyl groups excluding tert-OH is 2. The van der Waals surface area contributed by atoms with E-state index in [9.17, 15) is 15.0 Å². The van der Waals surface area contributed by atoms with E-state index in [1.54, 1.807) is 0 Å². The lowest BCUT2D eigenvalue weighted by Crippen LogP contribution is -2.42. The Morgan fingerprint density at radius 2 is 0.732 bits per heavy atom. The lowest BCUT2D eigenvalue weighted by molar-refractivity contribution is -0.123. The molecule has 56 heavy (non-hydrogen) atoms. The van der Waals surface area contributed by atoms with Crippen LogP contribution in [0.3, 0.4) is 0 Å². The molecule has 0 heterocycles. The number of carbonyl (C=O) groups excluding carboxylic acids is 1. The summed E-state index contributed by atoms with van der Waals surface area (Å²) in [5.41, 5.74) is 31.4. The fourth-order valence-corrected chi connectivity index (χ4v) is 7.95. The number of nitrogens with two attached hydrogens (primary N) is 5. The van der Waals surface area contributed by atoms with Crippen LogP contribution >= 0.6 is 0 Å². The van der Waals surface area contributed by atoms with Gasteiger partial charge in [0.05, 0.1) is 18.6 Å². The number of unbranched alkanes of at least 4 members (excludes halogenated alkanes) is 18. The Kier molecular flexibility index (Phi) is 39.1. The number of carbonyl (C=O) groups is 1. The molecule has 336 valence electrons. The molecule has 0 aromatic carbocycles. The van der Waals surface area contributed by atoms with Crippen molar-refractivity contribution in [2.24, 2.45) is 34.6 Å². The van der Waals surface area contributed by atoms with Crippen molar-refractivity contribution >= 4 is 5.91 Å². The SMILES string of the molecule is CCCCCC(N)CCCCCCCC(N)CCCCCCCC(N)CCCCCCCC(N)CCCCCCCC(O)CCNC(=O)CC(O)C(N)C(C)C. The normalized spacial score (nSPS) is 15.8. The fraction of sp³-hybridized carbons (Fsp3) is 0.979. The summed E-state index contributed by atoms with van der Waals surface area (Å²) in [4.78, 5) is 12.0. The Morgan fingerprint density at radius 3 is 1.04 bits per heavy atom. The van der Waals surface area contributed by atoms with Gasteiger partial charge in [0, 0.05) is 36.8 Å². The van der Waals surface area contributed by atoms with Crippen LogP contribution in [0.25, 0.3) is 0 Å². The second-order valence-corrected chi connectivity index (χ2v) is 18.3. The molecule has 0 saturated heterocycles. The highest BCUT2D eigenvalue weighted by molar-refractivity contribution is 5.76. The van der Waals surface area contributed by atoms with Crippen molar-refractivity contribution < 1.29 is 15.0 Å². The standard InChI is InChI=1S/C47H100N6O3/c1-4-5-18-27-40(48)28-19-10-6-11-20-29-41(49)30-21-12-7-13-22-31-42(50)32-23-14-8-15-24-33-43(51)34-25-16-9-17-26-35-44(54)36-37-53-46(56)38-45(55)47(52)39(2)3/h39-45,47,54-55H,4-38,48-52H2,1-3H3,(H,53,56). The number of hydrogen-bond donors (Lipinski definition) is 8. The third-order valence-electron chi connectivity index (χ3n) is 12.1. The average Bonchev–Trinajstić information content (AvgIpc) is 3.15. The second kappa shape index (κ2) is 39.6. The van der Waals surface area contributed by atoms with Gasteiger partial charge >= 0.3 is 0 Å². The first-order valence-electron chi connectivity index (χ1n) is 24.4. The minimum Gasteiger partial charge on any atom is -0.393 e. The molecule has 0 fully saturated rings. The van der Waals surface area contributed by atoms with E-state index < -0.39 is 18.2 Å². The highest BCUT2D eigenvalue weighted by Gasteiger charge is 2.21. The second-order valence-electron chi connectivity index (χ2n) is 18.3. The largest absolute Gasteiger partial charge is 0.393 e. The molecular formula is C47H100N6O3. The lowest BCUT2D eigenvalue weighted by atomic mass is 9.97. The predicted molar refractivity (Wildman–Crippen MR) is 242 cm³/mol. The third kappa shape index (κ3) is 37.5. The van der Waals surface area contributed by atoms with Crippen molar-refractivity contribution in [3.63, 3.8) is 0 Å². The molecule has 7 unspecified atom stereocenters. The number of aliphatic hydroxyl groups is 2. The van der Waals surface area contributed by atoms with Crippen molar-refractivity contribution in [2.45, 2.75) is 281 Å². The van der Waals surface area contributed by atoms with Crippen LogP contribution in [0, 0.1) is 5.92 Å². The number of amides is 1. The minimum absolute atomic E-state index is 0.00440. The third-order valence-corrected chi connectivity index (χ3v) is 12.1. The van der Waals surface area contributed by atoms with E-state index in [2.05, 4.69) is 12.2 Å². The summed E-state index contributed by atoms with van der Waals surface area (Å²) >= 11 is 0. The molecule has 13 N–H and O–H groups in total. The van der Waals surface area contributed by atoms with Crippen LogP contribution in [-0.4, -0.2) is 65.1 Å². The number of hydrogen-bond acceptors (Lipinski definition) is 8. The highest BCUT2D eigenvalue weighted by atomic mass is 16.3. The van der Waals surface area contributed by atoms with Crippen LogP contribution in [0.2, 0.25) is 0 Å². The first kappa shape index (κ1) is 55.2.